The number of aromatic carboxylic acids is 1. The van der Waals surface area contributed by atoms with Crippen molar-refractivity contribution in [2.75, 3.05) is 6.54 Å². The lowest BCUT2D eigenvalue weighted by atomic mass is 10.1. The van der Waals surface area contributed by atoms with Gasteiger partial charge in [0.1, 0.15) is 17.9 Å². The summed E-state index contributed by atoms with van der Waals surface area (Å²) in [7, 11) is 0. The molecule has 1 aliphatic heterocycles. The molecule has 2 amide bonds. The van der Waals surface area contributed by atoms with Gasteiger partial charge in [-0.25, -0.2) is 4.79 Å². The van der Waals surface area contributed by atoms with Crippen molar-refractivity contribution in [3.63, 3.8) is 0 Å². The van der Waals surface area contributed by atoms with E-state index in [-0.39, 0.29) is 29.4 Å². The summed E-state index contributed by atoms with van der Waals surface area (Å²) < 4.78 is 7.30. The molecule has 0 spiro atoms. The Kier molecular flexibility index (Phi) is 7.80. The standard InChI is InChI=1S/C22H16BrIN2O5S/c1-2-7-26-20(28)15(19(27)25-22(26)32)8-13-9-16(23)18(17(24)10-13)31-11-12-3-5-14(6-4-12)21(29)30/h2-6,8-10H,1,7,11H2,(H,29,30)(H,25,27,32)/b15-8+. The fourth-order valence-corrected chi connectivity index (χ4v) is 4.87. The first kappa shape index (κ1) is 24.1. The Morgan fingerprint density at radius 1 is 1.28 bits per heavy atom. The minimum atomic E-state index is -0.987. The smallest absolute Gasteiger partial charge is 0.335 e. The fraction of sp³-hybridized carbons (Fsp3) is 0.0909. The second-order valence-electron chi connectivity index (χ2n) is 6.63. The molecule has 0 radical (unpaired) electrons. The van der Waals surface area contributed by atoms with E-state index in [1.54, 1.807) is 24.3 Å². The number of benzene rings is 2. The summed E-state index contributed by atoms with van der Waals surface area (Å²) in [5.41, 5.74) is 1.61. The number of thiocarbonyl (C=S) groups is 1. The van der Waals surface area contributed by atoms with Gasteiger partial charge >= 0.3 is 5.97 Å². The Hall–Kier alpha value is -2.57. The van der Waals surface area contributed by atoms with Crippen LogP contribution in [0.3, 0.4) is 0 Å². The fourth-order valence-electron chi connectivity index (χ4n) is 2.86. The van der Waals surface area contributed by atoms with E-state index in [1.807, 2.05) is 0 Å². The zero-order chi connectivity index (χ0) is 23.4. The van der Waals surface area contributed by atoms with Gasteiger partial charge in [-0.3, -0.25) is 19.8 Å². The van der Waals surface area contributed by atoms with E-state index in [1.165, 1.54) is 29.2 Å². The molecule has 2 N–H and O–H groups in total. The van der Waals surface area contributed by atoms with Crippen LogP contribution in [0.1, 0.15) is 21.5 Å². The zero-order valence-corrected chi connectivity index (χ0v) is 21.0. The number of nitrogens with zero attached hydrogens (tertiary/aromatic N) is 1. The molecule has 164 valence electrons. The van der Waals surface area contributed by atoms with E-state index < -0.39 is 17.8 Å². The first-order valence-electron chi connectivity index (χ1n) is 9.15. The van der Waals surface area contributed by atoms with Crippen molar-refractivity contribution in [3.8, 4) is 5.75 Å². The average molecular weight is 627 g/mol. The Morgan fingerprint density at radius 3 is 2.56 bits per heavy atom. The van der Waals surface area contributed by atoms with Gasteiger partial charge in [0.05, 0.1) is 13.6 Å². The molecule has 1 heterocycles. The molecule has 0 saturated carbocycles. The SMILES string of the molecule is C=CCN1C(=O)/C(=C/c2cc(Br)c(OCc3ccc(C(=O)O)cc3)c(I)c2)C(=O)NC1=S. The van der Waals surface area contributed by atoms with E-state index in [9.17, 15) is 14.4 Å². The van der Waals surface area contributed by atoms with Gasteiger partial charge in [-0.1, -0.05) is 18.2 Å². The molecule has 1 saturated heterocycles. The van der Waals surface area contributed by atoms with Crippen LogP contribution in [0.15, 0.2) is 59.1 Å². The monoisotopic (exact) mass is 626 g/mol. The number of carboxylic acid groups (broad SMARTS) is 1. The number of carboxylic acids is 1. The molecular weight excluding hydrogens is 611 g/mol. The number of hydrogen-bond donors (Lipinski definition) is 2. The van der Waals surface area contributed by atoms with Crippen molar-refractivity contribution in [3.05, 3.63) is 79.4 Å². The first-order chi connectivity index (χ1) is 15.2. The third-order valence-electron chi connectivity index (χ3n) is 4.41. The van der Waals surface area contributed by atoms with Crippen molar-refractivity contribution in [2.24, 2.45) is 0 Å². The highest BCUT2D eigenvalue weighted by molar-refractivity contribution is 14.1. The summed E-state index contributed by atoms with van der Waals surface area (Å²) in [6.45, 7) is 4.03. The van der Waals surface area contributed by atoms with Gasteiger partial charge in [-0.15, -0.1) is 6.58 Å². The van der Waals surface area contributed by atoms with Crippen LogP contribution in [-0.4, -0.2) is 39.4 Å². The van der Waals surface area contributed by atoms with Crippen molar-refractivity contribution < 1.29 is 24.2 Å². The quantitative estimate of drug-likeness (QED) is 0.158. The van der Waals surface area contributed by atoms with Gasteiger partial charge < -0.3 is 9.84 Å². The van der Waals surface area contributed by atoms with Crippen LogP contribution >= 0.6 is 50.7 Å². The lowest BCUT2D eigenvalue weighted by Crippen LogP contribution is -2.53. The maximum atomic E-state index is 12.7. The summed E-state index contributed by atoms with van der Waals surface area (Å²) in [6.07, 6.45) is 3.02. The van der Waals surface area contributed by atoms with Crippen LogP contribution in [0.25, 0.3) is 6.08 Å². The number of amides is 2. The minimum Gasteiger partial charge on any atom is -0.487 e. The minimum absolute atomic E-state index is 0.0321. The molecule has 10 heteroatoms. The highest BCUT2D eigenvalue weighted by atomic mass is 127. The van der Waals surface area contributed by atoms with Gasteiger partial charge in [-0.05, 0) is 92.2 Å². The second kappa shape index (κ2) is 10.4. The average Bonchev–Trinajstić information content (AvgIpc) is 2.74. The molecule has 7 nitrogen and oxygen atoms in total. The second-order valence-corrected chi connectivity index (χ2v) is 9.03. The third-order valence-corrected chi connectivity index (χ3v) is 6.13. The maximum Gasteiger partial charge on any atom is 0.335 e. The molecule has 32 heavy (non-hydrogen) atoms. The van der Waals surface area contributed by atoms with Gasteiger partial charge in [0.15, 0.2) is 5.11 Å². The largest absolute Gasteiger partial charge is 0.487 e. The molecule has 0 atom stereocenters. The van der Waals surface area contributed by atoms with Gasteiger partial charge in [0, 0.05) is 6.54 Å². The van der Waals surface area contributed by atoms with Crippen LogP contribution < -0.4 is 10.1 Å². The number of rotatable bonds is 7. The van der Waals surface area contributed by atoms with E-state index in [2.05, 4.69) is 50.4 Å². The molecule has 2 aromatic rings. The van der Waals surface area contributed by atoms with Crippen LogP contribution in [0.5, 0.6) is 5.75 Å². The van der Waals surface area contributed by atoms with Crippen molar-refractivity contribution >= 4 is 79.7 Å². The third kappa shape index (κ3) is 5.43. The van der Waals surface area contributed by atoms with Crippen molar-refractivity contribution in [2.45, 2.75) is 6.61 Å². The first-order valence-corrected chi connectivity index (χ1v) is 11.4. The topological polar surface area (TPSA) is 95.9 Å². The highest BCUT2D eigenvalue weighted by Gasteiger charge is 2.32. The van der Waals surface area contributed by atoms with E-state index in [4.69, 9.17) is 22.1 Å². The lowest BCUT2D eigenvalue weighted by Gasteiger charge is -2.27. The molecular formula is C22H16BrIN2O5S. The van der Waals surface area contributed by atoms with Crippen LogP contribution in [0, 0.1) is 3.57 Å². The number of halogens is 2. The molecule has 0 aromatic heterocycles. The Balaban J connectivity index is 1.81. The molecule has 0 unspecified atom stereocenters. The van der Waals surface area contributed by atoms with Gasteiger partial charge in [0.2, 0.25) is 0 Å². The molecule has 1 aliphatic rings. The van der Waals surface area contributed by atoms with Crippen LogP contribution in [-0.2, 0) is 16.2 Å². The van der Waals surface area contributed by atoms with Crippen molar-refractivity contribution in [1.29, 1.82) is 0 Å². The van der Waals surface area contributed by atoms with Gasteiger partial charge in [0.25, 0.3) is 11.8 Å². The zero-order valence-electron chi connectivity index (χ0n) is 16.4. The predicted molar refractivity (Wildman–Crippen MR) is 135 cm³/mol. The summed E-state index contributed by atoms with van der Waals surface area (Å²) >= 11 is 10.6. The molecule has 1 fully saturated rings. The number of ether oxygens (including phenoxy) is 1. The predicted octanol–water partition coefficient (Wildman–Crippen LogP) is 4.14. The molecule has 0 bridgehead atoms. The molecule has 2 aromatic carbocycles. The summed E-state index contributed by atoms with van der Waals surface area (Å²) in [4.78, 5) is 37.2. The van der Waals surface area contributed by atoms with Crippen LogP contribution in [0.2, 0.25) is 0 Å². The van der Waals surface area contributed by atoms with E-state index in [0.29, 0.717) is 15.8 Å². The van der Waals surface area contributed by atoms with E-state index in [0.717, 1.165) is 9.13 Å². The molecule has 0 aliphatic carbocycles. The van der Waals surface area contributed by atoms with Crippen LogP contribution in [0.4, 0.5) is 0 Å². The van der Waals surface area contributed by atoms with Gasteiger partial charge in [-0.2, -0.15) is 0 Å². The van der Waals surface area contributed by atoms with E-state index >= 15 is 0 Å². The Morgan fingerprint density at radius 2 is 1.97 bits per heavy atom. The maximum absolute atomic E-state index is 12.7. The normalized spacial score (nSPS) is 15.0. The summed E-state index contributed by atoms with van der Waals surface area (Å²) in [5.74, 6) is -1.45. The Labute approximate surface area is 211 Å². The highest BCUT2D eigenvalue weighted by Crippen LogP contribution is 2.33. The number of carbonyl (C=O) groups is 3. The molecule has 3 rings (SSSR count). The summed E-state index contributed by atoms with van der Waals surface area (Å²) in [5, 5.41) is 11.5. The number of carbonyl (C=O) groups excluding carboxylic acids is 2. The van der Waals surface area contributed by atoms with Crippen molar-refractivity contribution in [1.82, 2.24) is 10.2 Å². The summed E-state index contributed by atoms with van der Waals surface area (Å²) in [6, 6.07) is 9.94. The lowest BCUT2D eigenvalue weighted by molar-refractivity contribution is -0.128. The number of nitrogens with one attached hydrogen (secondary N) is 1. The Bertz CT molecular complexity index is 1140. The number of hydrogen-bond acceptors (Lipinski definition) is 5.